The zero-order valence-electron chi connectivity index (χ0n) is 12.5. The molecule has 4 aromatic rings. The first-order chi connectivity index (χ1) is 11.4. The van der Waals surface area contributed by atoms with Gasteiger partial charge in [0.15, 0.2) is 0 Å². The fraction of sp³-hybridized carbons (Fsp3) is 0.0476. The molecule has 1 heterocycles. The Bertz CT molecular complexity index is 965. The van der Waals surface area contributed by atoms with Crippen molar-refractivity contribution in [2.24, 2.45) is 0 Å². The molecule has 0 atom stereocenters. The Labute approximate surface area is 143 Å². The molecule has 4 aromatic carbocycles. The van der Waals surface area contributed by atoms with Gasteiger partial charge in [-0.05, 0) is 33.7 Å². The molecule has 0 aliphatic carbocycles. The first kappa shape index (κ1) is 13.5. The van der Waals surface area contributed by atoms with Gasteiger partial charge < -0.3 is 0 Å². The van der Waals surface area contributed by atoms with E-state index in [0.717, 1.165) is 5.08 Å². The van der Waals surface area contributed by atoms with E-state index in [1.165, 1.54) is 42.5 Å². The van der Waals surface area contributed by atoms with Crippen molar-refractivity contribution in [1.82, 2.24) is 0 Å². The summed E-state index contributed by atoms with van der Waals surface area (Å²) < 4.78 is 0. The lowest BCUT2D eigenvalue weighted by atomic mass is 9.94. The van der Waals surface area contributed by atoms with Gasteiger partial charge in [-0.2, -0.15) is 0 Å². The molecule has 23 heavy (non-hydrogen) atoms. The van der Waals surface area contributed by atoms with Crippen LogP contribution in [-0.2, 0) is 0 Å². The third-order valence-electron chi connectivity index (χ3n) is 4.46. The van der Waals surface area contributed by atoms with Crippen LogP contribution in [0.5, 0.6) is 0 Å². The molecule has 0 unspecified atom stereocenters. The largest absolute Gasteiger partial charge is 0.114 e. The number of rotatable bonds is 0. The van der Waals surface area contributed by atoms with E-state index in [9.17, 15) is 0 Å². The summed E-state index contributed by atoms with van der Waals surface area (Å²) in [6, 6.07) is 26.6. The van der Waals surface area contributed by atoms with Gasteiger partial charge >= 0.3 is 0 Å². The van der Waals surface area contributed by atoms with E-state index in [0.29, 0.717) is 0 Å². The van der Waals surface area contributed by atoms with Gasteiger partial charge in [0.05, 0.1) is 0 Å². The molecule has 0 saturated heterocycles. The van der Waals surface area contributed by atoms with Gasteiger partial charge in [0.1, 0.15) is 0 Å². The average molecular weight is 330 g/mol. The molecule has 110 valence electrons. The third kappa shape index (κ3) is 2.09. The molecular weight excluding hydrogens is 316 g/mol. The van der Waals surface area contributed by atoms with Crippen molar-refractivity contribution in [3.63, 3.8) is 0 Å². The Kier molecular flexibility index (Phi) is 3.13. The van der Waals surface area contributed by atoms with Crippen LogP contribution < -0.4 is 0 Å². The van der Waals surface area contributed by atoms with Gasteiger partial charge in [0.2, 0.25) is 0 Å². The Morgan fingerprint density at radius 1 is 0.522 bits per heavy atom. The molecule has 2 heteroatoms. The van der Waals surface area contributed by atoms with E-state index in [1.54, 1.807) is 0 Å². The maximum atomic E-state index is 2.29. The molecule has 0 nitrogen and oxygen atoms in total. The lowest BCUT2D eigenvalue weighted by Crippen LogP contribution is -1.88. The van der Waals surface area contributed by atoms with E-state index in [2.05, 4.69) is 72.8 Å². The summed E-state index contributed by atoms with van der Waals surface area (Å²) in [6.07, 6.45) is 0. The molecule has 0 N–H and O–H groups in total. The number of benzene rings is 4. The van der Waals surface area contributed by atoms with Crippen LogP contribution in [0.4, 0.5) is 0 Å². The SMILES string of the molecule is c1ccc2c3c(ccc2c1)SCSc1ccc2ccccc2c1-3. The lowest BCUT2D eigenvalue weighted by Gasteiger charge is -2.15. The van der Waals surface area contributed by atoms with Crippen LogP contribution in [0.2, 0.25) is 0 Å². The molecule has 5 rings (SSSR count). The van der Waals surface area contributed by atoms with Crippen molar-refractivity contribution < 1.29 is 0 Å². The molecule has 0 amide bonds. The standard InChI is InChI=1S/C21H14S2/c1-3-7-16-14(5-1)9-11-18-20(16)21-17-8-4-2-6-15(17)10-12-19(21)23-13-22-18/h1-12H,13H2. The normalized spacial score (nSPS) is 13.6. The second-order valence-electron chi connectivity index (χ2n) is 5.73. The van der Waals surface area contributed by atoms with Gasteiger partial charge in [-0.3, -0.25) is 0 Å². The van der Waals surface area contributed by atoms with Crippen LogP contribution >= 0.6 is 23.5 Å². The highest BCUT2D eigenvalue weighted by molar-refractivity contribution is 8.16. The van der Waals surface area contributed by atoms with Crippen LogP contribution in [0.25, 0.3) is 32.7 Å². The summed E-state index contributed by atoms with van der Waals surface area (Å²) >= 11 is 3.90. The molecular formula is C21H14S2. The molecule has 0 aromatic heterocycles. The molecule has 0 bridgehead atoms. The van der Waals surface area contributed by atoms with Crippen molar-refractivity contribution in [2.45, 2.75) is 9.79 Å². The summed E-state index contributed by atoms with van der Waals surface area (Å²) in [7, 11) is 0. The smallest absolute Gasteiger partial charge is 0.0487 e. The number of fused-ring (bicyclic) bond motifs is 7. The monoisotopic (exact) mass is 330 g/mol. The predicted octanol–water partition coefficient (Wildman–Crippen LogP) is 6.82. The maximum absolute atomic E-state index is 2.29. The third-order valence-corrected chi connectivity index (χ3v) is 6.71. The first-order valence-corrected chi connectivity index (χ1v) is 9.68. The fourth-order valence-corrected chi connectivity index (χ4v) is 5.71. The van der Waals surface area contributed by atoms with E-state index in [-0.39, 0.29) is 0 Å². The Morgan fingerprint density at radius 2 is 1.00 bits per heavy atom. The van der Waals surface area contributed by atoms with Gasteiger partial charge in [-0.15, -0.1) is 23.5 Å². The van der Waals surface area contributed by atoms with E-state index in [1.807, 2.05) is 23.5 Å². The topological polar surface area (TPSA) is 0 Å². The minimum absolute atomic E-state index is 1.07. The van der Waals surface area contributed by atoms with Crippen molar-refractivity contribution in [2.75, 3.05) is 5.08 Å². The van der Waals surface area contributed by atoms with Crippen LogP contribution in [0.15, 0.2) is 82.6 Å². The molecule has 1 aliphatic heterocycles. The van der Waals surface area contributed by atoms with Gasteiger partial charge in [0.25, 0.3) is 0 Å². The highest BCUT2D eigenvalue weighted by Gasteiger charge is 2.20. The minimum Gasteiger partial charge on any atom is -0.114 e. The van der Waals surface area contributed by atoms with Crippen molar-refractivity contribution in [3.05, 3.63) is 72.8 Å². The molecule has 0 saturated carbocycles. The molecule has 0 radical (unpaired) electrons. The highest BCUT2D eigenvalue weighted by atomic mass is 32.2. The Morgan fingerprint density at radius 3 is 1.52 bits per heavy atom. The van der Waals surface area contributed by atoms with Crippen molar-refractivity contribution in [3.8, 4) is 11.1 Å². The molecule has 0 fully saturated rings. The summed E-state index contributed by atoms with van der Waals surface area (Å²) in [5.41, 5.74) is 2.81. The second-order valence-corrected chi connectivity index (χ2v) is 8.13. The quantitative estimate of drug-likeness (QED) is 0.347. The zero-order valence-corrected chi connectivity index (χ0v) is 14.1. The van der Waals surface area contributed by atoms with E-state index < -0.39 is 0 Å². The predicted molar refractivity (Wildman–Crippen MR) is 103 cm³/mol. The fourth-order valence-electron chi connectivity index (χ4n) is 3.42. The molecule has 0 spiro atoms. The van der Waals surface area contributed by atoms with E-state index in [4.69, 9.17) is 0 Å². The van der Waals surface area contributed by atoms with Gasteiger partial charge in [-0.25, -0.2) is 0 Å². The highest BCUT2D eigenvalue weighted by Crippen LogP contribution is 2.49. The second kappa shape index (κ2) is 5.33. The maximum Gasteiger partial charge on any atom is 0.0487 e. The summed E-state index contributed by atoms with van der Waals surface area (Å²) in [4.78, 5) is 2.79. The Balaban J connectivity index is 2.01. The Hall–Kier alpha value is -1.90. The van der Waals surface area contributed by atoms with Gasteiger partial charge in [0, 0.05) is 26.0 Å². The summed E-state index contributed by atoms with van der Waals surface area (Å²) in [5.74, 6) is 0. The summed E-state index contributed by atoms with van der Waals surface area (Å²) in [6.45, 7) is 0. The van der Waals surface area contributed by atoms with Crippen LogP contribution in [-0.4, -0.2) is 5.08 Å². The van der Waals surface area contributed by atoms with Crippen LogP contribution in [0.1, 0.15) is 0 Å². The van der Waals surface area contributed by atoms with Crippen molar-refractivity contribution >= 4 is 45.1 Å². The molecule has 1 aliphatic rings. The minimum atomic E-state index is 1.07. The van der Waals surface area contributed by atoms with Crippen molar-refractivity contribution in [1.29, 1.82) is 0 Å². The lowest BCUT2D eigenvalue weighted by molar-refractivity contribution is 1.44. The summed E-state index contributed by atoms with van der Waals surface area (Å²) in [5, 5.41) is 6.42. The zero-order chi connectivity index (χ0) is 15.2. The van der Waals surface area contributed by atoms with E-state index >= 15 is 0 Å². The number of hydrogen-bond donors (Lipinski definition) is 0. The number of hydrogen-bond acceptors (Lipinski definition) is 2. The van der Waals surface area contributed by atoms with Crippen LogP contribution in [0.3, 0.4) is 0 Å². The number of thioether (sulfide) groups is 2. The van der Waals surface area contributed by atoms with Crippen LogP contribution in [0, 0.1) is 0 Å². The first-order valence-electron chi connectivity index (χ1n) is 7.71. The van der Waals surface area contributed by atoms with Gasteiger partial charge in [-0.1, -0.05) is 60.7 Å². The average Bonchev–Trinajstić information content (AvgIpc) is 2.81.